The second kappa shape index (κ2) is 7.31. The summed E-state index contributed by atoms with van der Waals surface area (Å²) in [5.41, 5.74) is 0.631. The molecule has 0 unspecified atom stereocenters. The second-order valence-corrected chi connectivity index (χ2v) is 4.85. The van der Waals surface area contributed by atoms with Crippen molar-refractivity contribution in [1.29, 1.82) is 0 Å². The maximum absolute atomic E-state index is 11.3. The zero-order valence-electron chi connectivity index (χ0n) is 9.70. The number of piperazine rings is 1. The smallest absolute Gasteiger partial charge is 0.308 e. The van der Waals surface area contributed by atoms with Gasteiger partial charge in [0.1, 0.15) is 5.84 Å². The summed E-state index contributed by atoms with van der Waals surface area (Å²) in [5.74, 6) is 0.569. The quantitative estimate of drug-likeness (QED) is 0.624. The number of nitrogens with zero attached hydrogens (tertiary/aromatic N) is 2. The van der Waals surface area contributed by atoms with Gasteiger partial charge in [-0.1, -0.05) is 23.2 Å². The monoisotopic (exact) mass is 341 g/mol. The van der Waals surface area contributed by atoms with Crippen LogP contribution < -0.4 is 5.32 Å². The molecule has 1 aromatic rings. The van der Waals surface area contributed by atoms with Gasteiger partial charge in [0.25, 0.3) is 0 Å². The van der Waals surface area contributed by atoms with Crippen LogP contribution in [0.15, 0.2) is 23.2 Å². The number of benzene rings is 1. The lowest BCUT2D eigenvalue weighted by Gasteiger charge is -2.26. The Balaban J connectivity index is 0.00000180. The minimum atomic E-state index is -0.532. The fourth-order valence-electron chi connectivity index (χ4n) is 1.61. The highest BCUT2D eigenvalue weighted by Gasteiger charge is 2.21. The van der Waals surface area contributed by atoms with Crippen molar-refractivity contribution in [1.82, 2.24) is 10.2 Å². The molecule has 1 amide bonds. The van der Waals surface area contributed by atoms with E-state index < -0.39 is 5.37 Å². The SMILES string of the molecule is Cl.O=C(Cl)N1CCNCC1=Nc1ccc(Cl)c(Cl)c1. The average Bonchev–Trinajstić information content (AvgIpc) is 2.34. The summed E-state index contributed by atoms with van der Waals surface area (Å²) in [7, 11) is 0. The molecule has 0 spiro atoms. The van der Waals surface area contributed by atoms with Crippen molar-refractivity contribution in [3.8, 4) is 0 Å². The number of hydrogen-bond acceptors (Lipinski definition) is 3. The molecule has 1 aliphatic rings. The Labute approximate surface area is 132 Å². The maximum Gasteiger partial charge on any atom is 0.321 e. The molecule has 104 valence electrons. The molecule has 1 N–H and O–H groups in total. The molecule has 0 atom stereocenters. The van der Waals surface area contributed by atoms with E-state index in [9.17, 15) is 4.79 Å². The molecule has 1 heterocycles. The summed E-state index contributed by atoms with van der Waals surface area (Å²) in [6.07, 6.45) is 0. The highest BCUT2D eigenvalue weighted by atomic mass is 35.5. The van der Waals surface area contributed by atoms with Crippen LogP contribution >= 0.6 is 47.2 Å². The Morgan fingerprint density at radius 1 is 1.32 bits per heavy atom. The van der Waals surface area contributed by atoms with Crippen LogP contribution in [-0.2, 0) is 0 Å². The first kappa shape index (κ1) is 16.5. The number of halogens is 4. The molecule has 0 saturated carbocycles. The van der Waals surface area contributed by atoms with Crippen molar-refractivity contribution >= 4 is 64.1 Å². The van der Waals surface area contributed by atoms with E-state index >= 15 is 0 Å². The summed E-state index contributed by atoms with van der Waals surface area (Å²) in [6.45, 7) is 1.68. The molecule has 0 radical (unpaired) electrons. The topological polar surface area (TPSA) is 44.7 Å². The van der Waals surface area contributed by atoms with Crippen LogP contribution in [0.5, 0.6) is 0 Å². The van der Waals surface area contributed by atoms with Crippen LogP contribution in [0.25, 0.3) is 0 Å². The molecule has 8 heteroatoms. The largest absolute Gasteiger partial charge is 0.321 e. The summed E-state index contributed by atoms with van der Waals surface area (Å²) in [4.78, 5) is 17.0. The second-order valence-electron chi connectivity index (χ2n) is 3.71. The number of nitrogens with one attached hydrogen (secondary N) is 1. The molecule has 4 nitrogen and oxygen atoms in total. The number of carbonyl (C=O) groups excluding carboxylic acids is 1. The highest BCUT2D eigenvalue weighted by molar-refractivity contribution is 6.64. The van der Waals surface area contributed by atoms with Crippen LogP contribution in [0.1, 0.15) is 0 Å². The van der Waals surface area contributed by atoms with E-state index in [-0.39, 0.29) is 12.4 Å². The zero-order valence-corrected chi connectivity index (χ0v) is 12.8. The molecule has 19 heavy (non-hydrogen) atoms. The van der Waals surface area contributed by atoms with E-state index in [0.29, 0.717) is 41.2 Å². The first-order chi connectivity index (χ1) is 8.58. The fraction of sp³-hybridized carbons (Fsp3) is 0.273. The van der Waals surface area contributed by atoms with Gasteiger partial charge < -0.3 is 5.32 Å². The molecule has 2 rings (SSSR count). The number of rotatable bonds is 1. The van der Waals surface area contributed by atoms with Gasteiger partial charge in [0.05, 0.1) is 22.3 Å². The standard InChI is InChI=1S/C11H10Cl3N3O.ClH/c12-8-2-1-7(5-9(8)13)16-10-6-15-3-4-17(10)11(14)18;/h1-2,5,15H,3-4,6H2;1H. The number of amidine groups is 1. The predicted molar refractivity (Wildman–Crippen MR) is 81.6 cm³/mol. The van der Waals surface area contributed by atoms with Crippen molar-refractivity contribution in [2.75, 3.05) is 19.6 Å². The predicted octanol–water partition coefficient (Wildman–Crippen LogP) is 3.71. The average molecular weight is 343 g/mol. The Bertz CT molecular complexity index is 507. The summed E-state index contributed by atoms with van der Waals surface area (Å²) >= 11 is 17.2. The van der Waals surface area contributed by atoms with E-state index in [0.717, 1.165) is 0 Å². The zero-order chi connectivity index (χ0) is 13.1. The molecule has 1 aromatic carbocycles. The first-order valence-electron chi connectivity index (χ1n) is 5.28. The molecule has 1 fully saturated rings. The number of carbonyl (C=O) groups is 1. The van der Waals surface area contributed by atoms with Gasteiger partial charge >= 0.3 is 5.37 Å². The Kier molecular flexibility index (Phi) is 6.36. The summed E-state index contributed by atoms with van der Waals surface area (Å²) < 4.78 is 0. The van der Waals surface area contributed by atoms with Gasteiger partial charge in [-0.25, -0.2) is 4.99 Å². The molecule has 0 bridgehead atoms. The van der Waals surface area contributed by atoms with E-state index in [1.54, 1.807) is 18.2 Å². The molecule has 0 aliphatic carbocycles. The van der Waals surface area contributed by atoms with Crippen molar-refractivity contribution in [2.24, 2.45) is 4.99 Å². The van der Waals surface area contributed by atoms with Gasteiger partial charge in [0.15, 0.2) is 0 Å². The lowest BCUT2D eigenvalue weighted by molar-refractivity contribution is 0.240. The van der Waals surface area contributed by atoms with E-state index in [1.807, 2.05) is 0 Å². The lowest BCUT2D eigenvalue weighted by atomic mass is 10.3. The van der Waals surface area contributed by atoms with Gasteiger partial charge in [-0.15, -0.1) is 12.4 Å². The van der Waals surface area contributed by atoms with Gasteiger partial charge in [-0.3, -0.25) is 9.69 Å². The number of aliphatic imine (C=N–C) groups is 1. The highest BCUT2D eigenvalue weighted by Crippen LogP contribution is 2.27. The van der Waals surface area contributed by atoms with E-state index in [2.05, 4.69) is 10.3 Å². The molecule has 1 aliphatic heterocycles. The van der Waals surface area contributed by atoms with Gasteiger partial charge in [0, 0.05) is 13.1 Å². The van der Waals surface area contributed by atoms with Gasteiger partial charge in [-0.05, 0) is 29.8 Å². The molecular weight excluding hydrogens is 332 g/mol. The van der Waals surface area contributed by atoms with Crippen LogP contribution in [0.2, 0.25) is 10.0 Å². The van der Waals surface area contributed by atoms with Crippen LogP contribution in [0.4, 0.5) is 10.5 Å². The number of hydrogen-bond donors (Lipinski definition) is 1. The van der Waals surface area contributed by atoms with Gasteiger partial charge in [-0.2, -0.15) is 0 Å². The minimum absolute atomic E-state index is 0. The van der Waals surface area contributed by atoms with Crippen LogP contribution in [0, 0.1) is 0 Å². The fourth-order valence-corrected chi connectivity index (χ4v) is 2.08. The van der Waals surface area contributed by atoms with E-state index in [1.165, 1.54) is 4.90 Å². The minimum Gasteiger partial charge on any atom is -0.308 e. The number of amides is 1. The molecule has 0 aromatic heterocycles. The molecule has 1 saturated heterocycles. The van der Waals surface area contributed by atoms with Crippen LogP contribution in [0.3, 0.4) is 0 Å². The summed E-state index contributed by atoms with van der Waals surface area (Å²) in [6, 6.07) is 5.03. The van der Waals surface area contributed by atoms with Crippen molar-refractivity contribution < 1.29 is 4.79 Å². The van der Waals surface area contributed by atoms with Crippen molar-refractivity contribution in [2.45, 2.75) is 0 Å². The third-order valence-corrected chi connectivity index (χ3v) is 3.42. The molecular formula is C11H11Cl4N3O. The van der Waals surface area contributed by atoms with Gasteiger partial charge in [0.2, 0.25) is 0 Å². The maximum atomic E-state index is 11.3. The van der Waals surface area contributed by atoms with Crippen molar-refractivity contribution in [3.63, 3.8) is 0 Å². The third-order valence-electron chi connectivity index (χ3n) is 2.48. The van der Waals surface area contributed by atoms with Crippen molar-refractivity contribution in [3.05, 3.63) is 28.2 Å². The normalized spacial score (nSPS) is 17.2. The summed E-state index contributed by atoms with van der Waals surface area (Å²) in [5, 5.41) is 3.48. The Morgan fingerprint density at radius 3 is 2.68 bits per heavy atom. The first-order valence-corrected chi connectivity index (χ1v) is 6.41. The Morgan fingerprint density at radius 2 is 2.05 bits per heavy atom. The third kappa shape index (κ3) is 4.23. The van der Waals surface area contributed by atoms with Crippen LogP contribution in [-0.4, -0.2) is 35.7 Å². The Hall–Kier alpha value is -0.520. The lowest BCUT2D eigenvalue weighted by Crippen LogP contribution is -2.49. The van der Waals surface area contributed by atoms with E-state index in [4.69, 9.17) is 34.8 Å².